The standard InChI is InChI=1S/C20H20N6O/c1-27-13-5-2-11(3-6-13)19-16(10-24-26-19)18-14-8-12(22)4-7-17(14)25-20(23)15(18)9-21/h2-3,5-6,10,12H,4,7-8,22H2,1H3,(H2,23,25)(H,24,26)/t12-/m1/s1. The molecule has 1 aliphatic carbocycles. The van der Waals surface area contributed by atoms with Crippen molar-refractivity contribution < 1.29 is 4.74 Å². The number of aromatic nitrogens is 3. The summed E-state index contributed by atoms with van der Waals surface area (Å²) in [6.07, 6.45) is 4.02. The summed E-state index contributed by atoms with van der Waals surface area (Å²) in [6, 6.07) is 9.94. The molecule has 0 unspecified atom stereocenters. The largest absolute Gasteiger partial charge is 0.497 e. The van der Waals surface area contributed by atoms with Gasteiger partial charge in [0.05, 0.1) is 19.0 Å². The molecule has 0 aliphatic heterocycles. The summed E-state index contributed by atoms with van der Waals surface area (Å²) in [6.45, 7) is 0. The van der Waals surface area contributed by atoms with Gasteiger partial charge in [-0.15, -0.1) is 0 Å². The fourth-order valence-electron chi connectivity index (χ4n) is 3.67. The smallest absolute Gasteiger partial charge is 0.142 e. The molecular weight excluding hydrogens is 340 g/mol. The molecule has 0 saturated carbocycles. The van der Waals surface area contributed by atoms with Crippen molar-refractivity contribution >= 4 is 5.82 Å². The van der Waals surface area contributed by atoms with Crippen LogP contribution in [0.2, 0.25) is 0 Å². The van der Waals surface area contributed by atoms with Crippen molar-refractivity contribution in [3.63, 3.8) is 0 Å². The Bertz CT molecular complexity index is 1030. The average Bonchev–Trinajstić information content (AvgIpc) is 3.16. The van der Waals surface area contributed by atoms with Gasteiger partial charge in [0.25, 0.3) is 0 Å². The first-order valence-electron chi connectivity index (χ1n) is 8.77. The number of benzene rings is 1. The lowest BCUT2D eigenvalue weighted by molar-refractivity contribution is 0.415. The van der Waals surface area contributed by atoms with Crippen molar-refractivity contribution in [3.05, 3.63) is 47.3 Å². The van der Waals surface area contributed by atoms with E-state index < -0.39 is 0 Å². The van der Waals surface area contributed by atoms with Crippen molar-refractivity contribution in [2.24, 2.45) is 5.73 Å². The summed E-state index contributed by atoms with van der Waals surface area (Å²) in [7, 11) is 1.63. The maximum atomic E-state index is 9.75. The number of rotatable bonds is 3. The number of nitrogen functional groups attached to an aromatic ring is 1. The molecule has 1 aromatic carbocycles. The zero-order valence-electron chi connectivity index (χ0n) is 15.0. The van der Waals surface area contributed by atoms with Crippen LogP contribution in [0.1, 0.15) is 23.2 Å². The summed E-state index contributed by atoms with van der Waals surface area (Å²) in [4.78, 5) is 4.47. The topological polar surface area (TPSA) is 127 Å². The number of hydrogen-bond acceptors (Lipinski definition) is 6. The molecule has 0 spiro atoms. The molecule has 7 heteroatoms. The number of aromatic amines is 1. The lowest BCUT2D eigenvalue weighted by atomic mass is 9.84. The minimum absolute atomic E-state index is 0.0459. The van der Waals surface area contributed by atoms with Crippen molar-refractivity contribution in [1.82, 2.24) is 15.2 Å². The maximum Gasteiger partial charge on any atom is 0.142 e. The number of nitrogens with one attached hydrogen (secondary N) is 1. The number of H-pyrrole nitrogens is 1. The first-order chi connectivity index (χ1) is 13.1. The molecule has 2 aromatic heterocycles. The van der Waals surface area contributed by atoms with E-state index >= 15 is 0 Å². The number of nitrogens with zero attached hydrogens (tertiary/aromatic N) is 3. The molecule has 2 heterocycles. The molecule has 0 radical (unpaired) electrons. The minimum Gasteiger partial charge on any atom is -0.497 e. The molecule has 136 valence electrons. The highest BCUT2D eigenvalue weighted by Crippen LogP contribution is 2.39. The van der Waals surface area contributed by atoms with Crippen LogP contribution < -0.4 is 16.2 Å². The molecule has 1 atom stereocenters. The summed E-state index contributed by atoms with van der Waals surface area (Å²) in [5, 5.41) is 17.0. The van der Waals surface area contributed by atoms with E-state index in [4.69, 9.17) is 16.2 Å². The second-order valence-corrected chi connectivity index (χ2v) is 6.67. The predicted octanol–water partition coefficient (Wildman–Crippen LogP) is 2.42. The molecule has 0 bridgehead atoms. The third kappa shape index (κ3) is 2.90. The minimum atomic E-state index is 0.0459. The fourth-order valence-corrected chi connectivity index (χ4v) is 3.67. The van der Waals surface area contributed by atoms with E-state index in [0.29, 0.717) is 12.0 Å². The Morgan fingerprint density at radius 3 is 2.78 bits per heavy atom. The molecule has 3 aromatic rings. The fraction of sp³-hybridized carbons (Fsp3) is 0.250. The lowest BCUT2D eigenvalue weighted by Crippen LogP contribution is -2.29. The molecule has 7 nitrogen and oxygen atoms in total. The normalized spacial score (nSPS) is 15.8. The summed E-state index contributed by atoms with van der Waals surface area (Å²) < 4.78 is 5.23. The lowest BCUT2D eigenvalue weighted by Gasteiger charge is -2.24. The van der Waals surface area contributed by atoms with Crippen molar-refractivity contribution in [1.29, 1.82) is 5.26 Å². The highest BCUT2D eigenvalue weighted by molar-refractivity contribution is 5.87. The maximum absolute atomic E-state index is 9.75. The van der Waals surface area contributed by atoms with Crippen LogP contribution in [0.5, 0.6) is 5.75 Å². The van der Waals surface area contributed by atoms with Crippen molar-refractivity contribution in [3.8, 4) is 34.2 Å². The van der Waals surface area contributed by atoms with E-state index in [9.17, 15) is 5.26 Å². The Morgan fingerprint density at radius 1 is 1.30 bits per heavy atom. The van der Waals surface area contributed by atoms with Gasteiger partial charge in [0, 0.05) is 28.4 Å². The summed E-state index contributed by atoms with van der Waals surface area (Å²) >= 11 is 0. The quantitative estimate of drug-likeness (QED) is 0.658. The third-order valence-electron chi connectivity index (χ3n) is 5.03. The van der Waals surface area contributed by atoms with E-state index in [0.717, 1.165) is 52.2 Å². The van der Waals surface area contributed by atoms with Crippen LogP contribution in [0, 0.1) is 11.3 Å². The highest BCUT2D eigenvalue weighted by Gasteiger charge is 2.27. The number of aryl methyl sites for hydroxylation is 1. The van der Waals surface area contributed by atoms with Crippen LogP contribution in [-0.2, 0) is 12.8 Å². The molecule has 1 aliphatic rings. The molecule has 0 fully saturated rings. The van der Waals surface area contributed by atoms with Gasteiger partial charge in [-0.05, 0) is 49.1 Å². The van der Waals surface area contributed by atoms with Crippen LogP contribution in [0.15, 0.2) is 30.5 Å². The Morgan fingerprint density at radius 2 is 2.07 bits per heavy atom. The second-order valence-electron chi connectivity index (χ2n) is 6.67. The van der Waals surface area contributed by atoms with Crippen LogP contribution in [0.25, 0.3) is 22.4 Å². The molecule has 27 heavy (non-hydrogen) atoms. The molecular formula is C20H20N6O. The van der Waals surface area contributed by atoms with Crippen LogP contribution in [-0.4, -0.2) is 28.3 Å². The monoisotopic (exact) mass is 360 g/mol. The SMILES string of the molecule is COc1ccc(-c2[nH]ncc2-c2c(C#N)c(N)nc3c2C[C@H](N)CC3)cc1. The molecule has 0 amide bonds. The van der Waals surface area contributed by atoms with Gasteiger partial charge in [-0.3, -0.25) is 5.10 Å². The van der Waals surface area contributed by atoms with Gasteiger partial charge in [-0.2, -0.15) is 10.4 Å². The number of pyridine rings is 1. The second kappa shape index (κ2) is 6.74. The van der Waals surface area contributed by atoms with Crippen molar-refractivity contribution in [2.75, 3.05) is 12.8 Å². The number of hydrogen-bond donors (Lipinski definition) is 3. The van der Waals surface area contributed by atoms with Gasteiger partial charge < -0.3 is 16.2 Å². The van der Waals surface area contributed by atoms with Crippen LogP contribution in [0.3, 0.4) is 0 Å². The van der Waals surface area contributed by atoms with Gasteiger partial charge in [0.2, 0.25) is 0 Å². The molecule has 4 rings (SSSR count). The number of methoxy groups -OCH3 is 1. The first-order valence-corrected chi connectivity index (χ1v) is 8.77. The van der Waals surface area contributed by atoms with Gasteiger partial charge in [0.1, 0.15) is 23.2 Å². The molecule has 0 saturated heterocycles. The molecule has 5 N–H and O–H groups in total. The number of fused-ring (bicyclic) bond motifs is 1. The Labute approximate surface area is 157 Å². The number of nitriles is 1. The Kier molecular flexibility index (Phi) is 4.26. The number of nitrogens with two attached hydrogens (primary N) is 2. The zero-order valence-corrected chi connectivity index (χ0v) is 15.0. The zero-order chi connectivity index (χ0) is 19.0. The van der Waals surface area contributed by atoms with Gasteiger partial charge in [-0.25, -0.2) is 4.98 Å². The predicted molar refractivity (Wildman–Crippen MR) is 103 cm³/mol. The van der Waals surface area contributed by atoms with E-state index in [1.807, 2.05) is 24.3 Å². The van der Waals surface area contributed by atoms with E-state index in [2.05, 4.69) is 21.3 Å². The van der Waals surface area contributed by atoms with Gasteiger partial charge in [0.15, 0.2) is 0 Å². The summed E-state index contributed by atoms with van der Waals surface area (Å²) in [5.41, 5.74) is 18.0. The van der Waals surface area contributed by atoms with Crippen molar-refractivity contribution in [2.45, 2.75) is 25.3 Å². The van der Waals surface area contributed by atoms with Crippen LogP contribution >= 0.6 is 0 Å². The van der Waals surface area contributed by atoms with Crippen LogP contribution in [0.4, 0.5) is 5.82 Å². The first kappa shape index (κ1) is 17.1. The van der Waals surface area contributed by atoms with E-state index in [1.165, 1.54) is 0 Å². The van der Waals surface area contributed by atoms with Gasteiger partial charge in [-0.1, -0.05) is 0 Å². The Balaban J connectivity index is 1.93. The third-order valence-corrected chi connectivity index (χ3v) is 5.03. The number of anilines is 1. The summed E-state index contributed by atoms with van der Waals surface area (Å²) in [5.74, 6) is 1.03. The number of ether oxygens (including phenoxy) is 1. The van der Waals surface area contributed by atoms with E-state index in [-0.39, 0.29) is 11.9 Å². The van der Waals surface area contributed by atoms with E-state index in [1.54, 1.807) is 13.3 Å². The highest BCUT2D eigenvalue weighted by atomic mass is 16.5. The van der Waals surface area contributed by atoms with Gasteiger partial charge >= 0.3 is 0 Å². The average molecular weight is 360 g/mol. The Hall–Kier alpha value is -3.37.